The highest BCUT2D eigenvalue weighted by molar-refractivity contribution is 7.15. The molecule has 0 bridgehead atoms. The molecule has 0 amide bonds. The SMILES string of the molecule is Cn1cc(Cc2ccc(-c3cccc(C#N)c3)s2)c2c(Cl)cccc21. The maximum atomic E-state index is 9.08. The Balaban J connectivity index is 1.69. The summed E-state index contributed by atoms with van der Waals surface area (Å²) in [4.78, 5) is 2.46. The van der Waals surface area contributed by atoms with Crippen molar-refractivity contribution >= 4 is 33.8 Å². The average Bonchev–Trinajstić information content (AvgIpc) is 3.21. The Labute approximate surface area is 155 Å². The summed E-state index contributed by atoms with van der Waals surface area (Å²) in [7, 11) is 2.05. The maximum absolute atomic E-state index is 9.08. The molecule has 0 radical (unpaired) electrons. The second kappa shape index (κ2) is 6.40. The van der Waals surface area contributed by atoms with Crippen molar-refractivity contribution < 1.29 is 0 Å². The van der Waals surface area contributed by atoms with Gasteiger partial charge in [0.2, 0.25) is 0 Å². The number of aromatic nitrogens is 1. The summed E-state index contributed by atoms with van der Waals surface area (Å²) in [6.07, 6.45) is 3.01. The van der Waals surface area contributed by atoms with Gasteiger partial charge in [-0.05, 0) is 47.5 Å². The molecule has 0 spiro atoms. The number of fused-ring (bicyclic) bond motifs is 1. The van der Waals surface area contributed by atoms with E-state index in [1.165, 1.54) is 15.3 Å². The number of hydrogen-bond donors (Lipinski definition) is 0. The predicted octanol–water partition coefficient (Wildman–Crippen LogP) is 6.02. The van der Waals surface area contributed by atoms with Crippen molar-refractivity contribution in [1.82, 2.24) is 4.57 Å². The first-order valence-corrected chi connectivity index (χ1v) is 9.17. The molecule has 122 valence electrons. The fraction of sp³-hybridized carbons (Fsp3) is 0.0952. The van der Waals surface area contributed by atoms with E-state index in [4.69, 9.17) is 16.9 Å². The van der Waals surface area contributed by atoms with Crippen LogP contribution in [0.15, 0.2) is 60.8 Å². The van der Waals surface area contributed by atoms with Gasteiger partial charge < -0.3 is 4.57 Å². The number of halogens is 1. The Morgan fingerprint density at radius 3 is 2.80 bits per heavy atom. The molecule has 4 heteroatoms. The summed E-state index contributed by atoms with van der Waals surface area (Å²) in [5.74, 6) is 0. The monoisotopic (exact) mass is 362 g/mol. The van der Waals surface area contributed by atoms with Gasteiger partial charge in [0.15, 0.2) is 0 Å². The summed E-state index contributed by atoms with van der Waals surface area (Å²) < 4.78 is 2.13. The van der Waals surface area contributed by atoms with E-state index in [0.717, 1.165) is 27.9 Å². The maximum Gasteiger partial charge on any atom is 0.0991 e. The molecule has 0 fully saturated rings. The number of nitriles is 1. The molecule has 4 rings (SSSR count). The van der Waals surface area contributed by atoms with Gasteiger partial charge in [-0.2, -0.15) is 5.26 Å². The molecule has 0 aliphatic heterocycles. The number of thiophene rings is 1. The Bertz CT molecular complexity index is 1110. The smallest absolute Gasteiger partial charge is 0.0991 e. The number of hydrogen-bond acceptors (Lipinski definition) is 2. The molecule has 0 saturated carbocycles. The van der Waals surface area contributed by atoms with Crippen molar-refractivity contribution in [3.8, 4) is 16.5 Å². The van der Waals surface area contributed by atoms with E-state index in [9.17, 15) is 0 Å². The van der Waals surface area contributed by atoms with Crippen molar-refractivity contribution in [1.29, 1.82) is 5.26 Å². The zero-order valence-electron chi connectivity index (χ0n) is 13.7. The molecule has 2 heterocycles. The van der Waals surface area contributed by atoms with Gasteiger partial charge in [-0.1, -0.05) is 29.8 Å². The van der Waals surface area contributed by atoms with E-state index < -0.39 is 0 Å². The molecule has 0 saturated heterocycles. The van der Waals surface area contributed by atoms with Crippen LogP contribution in [0.5, 0.6) is 0 Å². The molecule has 0 N–H and O–H groups in total. The molecule has 0 unspecified atom stereocenters. The van der Waals surface area contributed by atoms with Crippen LogP contribution < -0.4 is 0 Å². The average molecular weight is 363 g/mol. The van der Waals surface area contributed by atoms with Crippen molar-refractivity contribution in [2.75, 3.05) is 0 Å². The summed E-state index contributed by atoms with van der Waals surface area (Å²) in [5.41, 5.74) is 4.17. The lowest BCUT2D eigenvalue weighted by Crippen LogP contribution is -1.83. The Kier molecular flexibility index (Phi) is 4.09. The third-order valence-electron chi connectivity index (χ3n) is 4.34. The van der Waals surface area contributed by atoms with Gasteiger partial charge >= 0.3 is 0 Å². The summed E-state index contributed by atoms with van der Waals surface area (Å²) in [6, 6.07) is 20.3. The lowest BCUT2D eigenvalue weighted by atomic mass is 10.1. The molecule has 2 nitrogen and oxygen atoms in total. The van der Waals surface area contributed by atoms with E-state index >= 15 is 0 Å². The molecule has 0 aliphatic carbocycles. The lowest BCUT2D eigenvalue weighted by molar-refractivity contribution is 0.959. The van der Waals surface area contributed by atoms with Crippen LogP contribution >= 0.6 is 22.9 Å². The van der Waals surface area contributed by atoms with Crippen molar-refractivity contribution in [2.45, 2.75) is 6.42 Å². The number of nitrogens with zero attached hydrogens (tertiary/aromatic N) is 2. The van der Waals surface area contributed by atoms with Crippen LogP contribution in [0.4, 0.5) is 0 Å². The van der Waals surface area contributed by atoms with Gasteiger partial charge in [0.25, 0.3) is 0 Å². The zero-order chi connectivity index (χ0) is 17.4. The van der Waals surface area contributed by atoms with E-state index in [1.807, 2.05) is 36.4 Å². The summed E-state index contributed by atoms with van der Waals surface area (Å²) in [5, 5.41) is 11.0. The first kappa shape index (κ1) is 16.0. The fourth-order valence-electron chi connectivity index (χ4n) is 3.18. The first-order chi connectivity index (χ1) is 12.2. The second-order valence-corrected chi connectivity index (χ2v) is 7.61. The van der Waals surface area contributed by atoms with Crippen LogP contribution in [-0.4, -0.2) is 4.57 Å². The van der Waals surface area contributed by atoms with Crippen molar-refractivity contribution in [3.63, 3.8) is 0 Å². The Morgan fingerprint density at radius 2 is 1.96 bits per heavy atom. The Morgan fingerprint density at radius 1 is 1.12 bits per heavy atom. The van der Waals surface area contributed by atoms with Crippen LogP contribution in [0.2, 0.25) is 5.02 Å². The molecule has 2 aromatic carbocycles. The summed E-state index contributed by atoms with van der Waals surface area (Å²) in [6.45, 7) is 0. The third-order valence-corrected chi connectivity index (χ3v) is 5.79. The van der Waals surface area contributed by atoms with E-state index in [1.54, 1.807) is 11.3 Å². The van der Waals surface area contributed by atoms with Gasteiger partial charge in [0.05, 0.1) is 16.7 Å². The highest BCUT2D eigenvalue weighted by Gasteiger charge is 2.12. The van der Waals surface area contributed by atoms with Gasteiger partial charge in [0, 0.05) is 40.3 Å². The molecule has 0 aliphatic rings. The van der Waals surface area contributed by atoms with Gasteiger partial charge in [0.1, 0.15) is 0 Å². The zero-order valence-corrected chi connectivity index (χ0v) is 15.2. The lowest BCUT2D eigenvalue weighted by Gasteiger charge is -2.00. The van der Waals surface area contributed by atoms with Crippen molar-refractivity contribution in [2.24, 2.45) is 7.05 Å². The highest BCUT2D eigenvalue weighted by Crippen LogP contribution is 2.33. The van der Waals surface area contributed by atoms with E-state index in [2.05, 4.69) is 42.1 Å². The van der Waals surface area contributed by atoms with Crippen LogP contribution in [0.25, 0.3) is 21.3 Å². The topological polar surface area (TPSA) is 28.7 Å². The van der Waals surface area contributed by atoms with Crippen molar-refractivity contribution in [3.05, 3.63) is 81.8 Å². The van der Waals surface area contributed by atoms with Crippen LogP contribution in [0.1, 0.15) is 16.0 Å². The Hall–Kier alpha value is -2.54. The van der Waals surface area contributed by atoms with Gasteiger partial charge in [-0.3, -0.25) is 0 Å². The number of aryl methyl sites for hydroxylation is 1. The molecular formula is C21H15ClN2S. The minimum Gasteiger partial charge on any atom is -0.350 e. The first-order valence-electron chi connectivity index (χ1n) is 7.97. The third kappa shape index (κ3) is 2.95. The molecule has 0 atom stereocenters. The normalized spacial score (nSPS) is 10.9. The highest BCUT2D eigenvalue weighted by atomic mass is 35.5. The van der Waals surface area contributed by atoms with Crippen LogP contribution in [0.3, 0.4) is 0 Å². The molecule has 2 aromatic heterocycles. The quantitative estimate of drug-likeness (QED) is 0.438. The fourth-order valence-corrected chi connectivity index (χ4v) is 4.50. The predicted molar refractivity (Wildman–Crippen MR) is 105 cm³/mol. The van der Waals surface area contributed by atoms with E-state index in [-0.39, 0.29) is 0 Å². The van der Waals surface area contributed by atoms with Gasteiger partial charge in [-0.15, -0.1) is 11.3 Å². The molecule has 25 heavy (non-hydrogen) atoms. The molecular weight excluding hydrogens is 348 g/mol. The second-order valence-electron chi connectivity index (χ2n) is 6.03. The van der Waals surface area contributed by atoms with Crippen LogP contribution in [-0.2, 0) is 13.5 Å². The number of benzene rings is 2. The molecule has 4 aromatic rings. The number of rotatable bonds is 3. The minimum atomic E-state index is 0.688. The largest absolute Gasteiger partial charge is 0.350 e. The van der Waals surface area contributed by atoms with Crippen LogP contribution in [0, 0.1) is 11.3 Å². The summed E-state index contributed by atoms with van der Waals surface area (Å²) >= 11 is 8.20. The minimum absolute atomic E-state index is 0.688. The van der Waals surface area contributed by atoms with E-state index in [0.29, 0.717) is 5.56 Å². The van der Waals surface area contributed by atoms with Gasteiger partial charge in [-0.25, -0.2) is 0 Å². The standard InChI is InChI=1S/C21H15ClN2S/c1-24-13-16(21-18(22)6-3-7-19(21)24)11-17-8-9-20(25-17)15-5-2-4-14(10-15)12-23/h2-10,13H,11H2,1H3.